The van der Waals surface area contributed by atoms with Crippen molar-refractivity contribution in [3.63, 3.8) is 0 Å². The first kappa shape index (κ1) is 23.2. The molecule has 0 aliphatic rings. The van der Waals surface area contributed by atoms with Crippen LogP contribution in [0.15, 0.2) is 72.8 Å². The largest absolute Gasteiger partial charge is 0.356 e. The number of benzene rings is 3. The molecular weight excluding hydrogens is 403 g/mol. The van der Waals surface area contributed by atoms with Crippen molar-refractivity contribution in [3.8, 4) is 0 Å². The number of aryl methyl sites for hydroxylation is 1. The van der Waals surface area contributed by atoms with E-state index in [1.54, 1.807) is 29.2 Å². The summed E-state index contributed by atoms with van der Waals surface area (Å²) < 4.78 is 13.4. The van der Waals surface area contributed by atoms with Crippen molar-refractivity contribution in [3.05, 3.63) is 101 Å². The molecular formula is C27H29FN2O2. The van der Waals surface area contributed by atoms with Gasteiger partial charge in [0.2, 0.25) is 5.91 Å². The quantitative estimate of drug-likeness (QED) is 0.525. The molecule has 1 N–H and O–H groups in total. The summed E-state index contributed by atoms with van der Waals surface area (Å²) in [6.45, 7) is 6.98. The molecule has 0 saturated heterocycles. The van der Waals surface area contributed by atoms with Crippen molar-refractivity contribution in [1.82, 2.24) is 5.32 Å². The Bertz CT molecular complexity index is 1060. The second-order valence-electron chi connectivity index (χ2n) is 8.43. The van der Waals surface area contributed by atoms with Crippen LogP contribution in [0, 0.1) is 18.7 Å². The van der Waals surface area contributed by atoms with E-state index >= 15 is 0 Å². The highest BCUT2D eigenvalue weighted by Gasteiger charge is 2.19. The molecule has 0 saturated carbocycles. The van der Waals surface area contributed by atoms with Crippen molar-refractivity contribution in [2.45, 2.75) is 33.7 Å². The zero-order valence-corrected chi connectivity index (χ0v) is 18.8. The van der Waals surface area contributed by atoms with Crippen molar-refractivity contribution in [2.75, 3.05) is 11.4 Å². The lowest BCUT2D eigenvalue weighted by atomic mass is 10.1. The van der Waals surface area contributed by atoms with Gasteiger partial charge in [-0.3, -0.25) is 9.59 Å². The molecule has 0 bridgehead atoms. The number of carbonyl (C=O) groups is 2. The first-order chi connectivity index (χ1) is 15.3. The van der Waals surface area contributed by atoms with Gasteiger partial charge in [0, 0.05) is 17.8 Å². The molecule has 4 nitrogen and oxygen atoms in total. The van der Waals surface area contributed by atoms with E-state index in [9.17, 15) is 14.0 Å². The highest BCUT2D eigenvalue weighted by atomic mass is 19.1. The number of nitrogens with one attached hydrogen (secondary N) is 1. The maximum Gasteiger partial charge on any atom is 0.258 e. The minimum Gasteiger partial charge on any atom is -0.356 e. The molecule has 3 aromatic rings. The van der Waals surface area contributed by atoms with E-state index in [1.165, 1.54) is 12.1 Å². The molecule has 0 aromatic heterocycles. The average Bonchev–Trinajstić information content (AvgIpc) is 2.77. The van der Waals surface area contributed by atoms with Crippen LogP contribution in [0.2, 0.25) is 0 Å². The third-order valence-electron chi connectivity index (χ3n) is 5.09. The second kappa shape index (κ2) is 10.7. The monoisotopic (exact) mass is 432 g/mol. The normalized spacial score (nSPS) is 10.8. The molecule has 166 valence electrons. The summed E-state index contributed by atoms with van der Waals surface area (Å²) in [5.41, 5.74) is 3.96. The molecule has 0 aliphatic carbocycles. The van der Waals surface area contributed by atoms with Gasteiger partial charge in [0.1, 0.15) is 5.82 Å². The molecule has 0 unspecified atom stereocenters. The number of rotatable bonds is 8. The zero-order valence-electron chi connectivity index (χ0n) is 18.8. The lowest BCUT2D eigenvalue weighted by Gasteiger charge is -2.24. The van der Waals surface area contributed by atoms with Gasteiger partial charge in [0.25, 0.3) is 5.91 Å². The fourth-order valence-electron chi connectivity index (χ4n) is 3.30. The van der Waals surface area contributed by atoms with E-state index in [-0.39, 0.29) is 30.6 Å². The Morgan fingerprint density at radius 1 is 0.938 bits per heavy atom. The minimum absolute atomic E-state index is 0.0502. The van der Waals surface area contributed by atoms with Crippen LogP contribution in [0.5, 0.6) is 0 Å². The SMILES string of the molecule is Cc1ccc(C(=O)N(Cc2ccc(F)cc2)c2cccc(CC(=O)NCC(C)C)c2)cc1. The third kappa shape index (κ3) is 6.51. The fraction of sp³-hybridized carbons (Fsp3) is 0.259. The topological polar surface area (TPSA) is 49.4 Å². The molecule has 0 spiro atoms. The Hall–Kier alpha value is -3.47. The molecule has 5 heteroatoms. The number of carbonyl (C=O) groups excluding carboxylic acids is 2. The summed E-state index contributed by atoms with van der Waals surface area (Å²) in [7, 11) is 0. The van der Waals surface area contributed by atoms with Crippen LogP contribution in [0.4, 0.5) is 10.1 Å². The molecule has 0 atom stereocenters. The number of halogens is 1. The predicted molar refractivity (Wildman–Crippen MR) is 126 cm³/mol. The molecule has 2 amide bonds. The summed E-state index contributed by atoms with van der Waals surface area (Å²) in [4.78, 5) is 27.4. The van der Waals surface area contributed by atoms with Crippen LogP contribution in [0.1, 0.15) is 40.9 Å². The number of hydrogen-bond donors (Lipinski definition) is 1. The van der Waals surface area contributed by atoms with Crippen LogP contribution >= 0.6 is 0 Å². The highest BCUT2D eigenvalue weighted by Crippen LogP contribution is 2.22. The fourth-order valence-corrected chi connectivity index (χ4v) is 3.30. The van der Waals surface area contributed by atoms with Crippen LogP contribution in [0.25, 0.3) is 0 Å². The van der Waals surface area contributed by atoms with Gasteiger partial charge >= 0.3 is 0 Å². The Morgan fingerprint density at radius 3 is 2.28 bits per heavy atom. The van der Waals surface area contributed by atoms with Gasteiger partial charge in [-0.1, -0.05) is 55.8 Å². The molecule has 3 rings (SSSR count). The smallest absolute Gasteiger partial charge is 0.258 e. The van der Waals surface area contributed by atoms with E-state index < -0.39 is 0 Å². The standard InChI is InChI=1S/C27H29FN2O2/c1-19(2)17-29-26(31)16-22-5-4-6-25(15-22)30(18-21-9-13-24(28)14-10-21)27(32)23-11-7-20(3)8-12-23/h4-15,19H,16-18H2,1-3H3,(H,29,31). The van der Waals surface area contributed by atoms with Crippen LogP contribution in [0.3, 0.4) is 0 Å². The predicted octanol–water partition coefficient (Wildman–Crippen LogP) is 5.30. The van der Waals surface area contributed by atoms with Crippen molar-refractivity contribution < 1.29 is 14.0 Å². The number of anilines is 1. The Balaban J connectivity index is 1.88. The van der Waals surface area contributed by atoms with E-state index in [2.05, 4.69) is 5.32 Å². The van der Waals surface area contributed by atoms with Gasteiger partial charge < -0.3 is 10.2 Å². The Kier molecular flexibility index (Phi) is 7.77. The summed E-state index contributed by atoms with van der Waals surface area (Å²) in [6.07, 6.45) is 0.240. The average molecular weight is 433 g/mol. The molecule has 0 aliphatic heterocycles. The van der Waals surface area contributed by atoms with E-state index in [0.29, 0.717) is 23.7 Å². The lowest BCUT2D eigenvalue weighted by Crippen LogP contribution is -2.31. The van der Waals surface area contributed by atoms with Crippen molar-refractivity contribution >= 4 is 17.5 Å². The van der Waals surface area contributed by atoms with Crippen molar-refractivity contribution in [1.29, 1.82) is 0 Å². The van der Waals surface area contributed by atoms with Gasteiger partial charge in [-0.2, -0.15) is 0 Å². The molecule has 3 aromatic carbocycles. The van der Waals surface area contributed by atoms with Crippen LogP contribution in [-0.2, 0) is 17.8 Å². The van der Waals surface area contributed by atoms with Crippen LogP contribution < -0.4 is 10.2 Å². The third-order valence-corrected chi connectivity index (χ3v) is 5.09. The van der Waals surface area contributed by atoms with Crippen molar-refractivity contribution in [2.24, 2.45) is 5.92 Å². The van der Waals surface area contributed by atoms with Gasteiger partial charge in [0.15, 0.2) is 0 Å². The van der Waals surface area contributed by atoms with Gasteiger partial charge in [0.05, 0.1) is 13.0 Å². The molecule has 0 fully saturated rings. The first-order valence-electron chi connectivity index (χ1n) is 10.8. The van der Waals surface area contributed by atoms with Crippen LogP contribution in [-0.4, -0.2) is 18.4 Å². The molecule has 0 radical (unpaired) electrons. The molecule has 0 heterocycles. The summed E-state index contributed by atoms with van der Waals surface area (Å²) in [5.74, 6) is -0.148. The lowest BCUT2D eigenvalue weighted by molar-refractivity contribution is -0.120. The maximum atomic E-state index is 13.4. The first-order valence-corrected chi connectivity index (χ1v) is 10.8. The number of hydrogen-bond acceptors (Lipinski definition) is 2. The summed E-state index contributed by atoms with van der Waals surface area (Å²) in [5, 5.41) is 2.92. The van der Waals surface area contributed by atoms with Gasteiger partial charge in [-0.25, -0.2) is 4.39 Å². The second-order valence-corrected chi connectivity index (χ2v) is 8.43. The van der Waals surface area contributed by atoms with Gasteiger partial charge in [-0.15, -0.1) is 0 Å². The zero-order chi connectivity index (χ0) is 23.1. The maximum absolute atomic E-state index is 13.4. The number of amides is 2. The van der Waals surface area contributed by atoms with Gasteiger partial charge in [-0.05, 0) is 60.4 Å². The summed E-state index contributed by atoms with van der Waals surface area (Å²) >= 11 is 0. The highest BCUT2D eigenvalue weighted by molar-refractivity contribution is 6.06. The Morgan fingerprint density at radius 2 is 1.62 bits per heavy atom. The summed E-state index contributed by atoms with van der Waals surface area (Å²) in [6, 6.07) is 21.0. The Labute approximate surface area is 189 Å². The van der Waals surface area contributed by atoms with E-state index in [1.807, 2.05) is 57.2 Å². The molecule has 32 heavy (non-hydrogen) atoms. The van der Waals surface area contributed by atoms with E-state index in [4.69, 9.17) is 0 Å². The number of nitrogens with zero attached hydrogens (tertiary/aromatic N) is 1. The minimum atomic E-state index is -0.320. The van der Waals surface area contributed by atoms with E-state index in [0.717, 1.165) is 16.7 Å².